The quantitative estimate of drug-likeness (QED) is 0.539. The number of hydrazine groups is 1. The lowest BCUT2D eigenvalue weighted by Crippen LogP contribution is -2.33. The first-order chi connectivity index (χ1) is 15.0. The van der Waals surface area contributed by atoms with Crippen LogP contribution in [0.15, 0.2) is 54.3 Å². The van der Waals surface area contributed by atoms with Crippen molar-refractivity contribution in [3.63, 3.8) is 0 Å². The number of pyridine rings is 2. The third kappa shape index (κ3) is 4.33. The van der Waals surface area contributed by atoms with Gasteiger partial charge in [-0.1, -0.05) is 13.8 Å². The highest BCUT2D eigenvalue weighted by molar-refractivity contribution is 5.84. The number of aromatic nitrogens is 4. The van der Waals surface area contributed by atoms with Gasteiger partial charge in [0.15, 0.2) is 5.82 Å². The largest absolute Gasteiger partial charge is 0.355 e. The van der Waals surface area contributed by atoms with Gasteiger partial charge in [-0.2, -0.15) is 5.10 Å². The first kappa shape index (κ1) is 20.7. The summed E-state index contributed by atoms with van der Waals surface area (Å²) in [6.07, 6.45) is 8.01. The summed E-state index contributed by atoms with van der Waals surface area (Å²) in [5, 5.41) is 8.03. The molecule has 0 amide bonds. The van der Waals surface area contributed by atoms with E-state index in [0.29, 0.717) is 5.92 Å². The Morgan fingerprint density at radius 2 is 1.97 bits per heavy atom. The predicted molar refractivity (Wildman–Crippen MR) is 126 cm³/mol. The molecule has 162 valence electrons. The molecule has 0 aliphatic carbocycles. The fourth-order valence-corrected chi connectivity index (χ4v) is 3.64. The third-order valence-corrected chi connectivity index (χ3v) is 5.41. The molecule has 31 heavy (non-hydrogen) atoms. The number of anilines is 2. The molecule has 0 fully saturated rings. The van der Waals surface area contributed by atoms with Crippen molar-refractivity contribution in [3.05, 3.63) is 54.3 Å². The number of fused-ring (bicyclic) bond motifs is 1. The SMILES string of the molecule is CCN(CC)c1nn(C)cc1-c1cnc2ccc(NC3=CC(C(C)C)=CNN3)nc2c1. The Kier molecular flexibility index (Phi) is 5.79. The second-order valence-electron chi connectivity index (χ2n) is 7.92. The normalized spacial score (nSPS) is 13.5. The van der Waals surface area contributed by atoms with Crippen LogP contribution in [0, 0.1) is 5.92 Å². The van der Waals surface area contributed by atoms with E-state index >= 15 is 0 Å². The Labute approximate surface area is 183 Å². The summed E-state index contributed by atoms with van der Waals surface area (Å²) < 4.78 is 1.85. The summed E-state index contributed by atoms with van der Waals surface area (Å²) >= 11 is 0. The molecule has 4 heterocycles. The zero-order chi connectivity index (χ0) is 22.0. The number of hydrogen-bond acceptors (Lipinski definition) is 7. The standard InChI is InChI=1S/C23H30N8/c1-6-31(7-2)23-18(14-30(5)29-23)17-10-20-19(24-12-17)8-9-21(26-20)27-22-11-16(15(3)4)13-25-28-22/h8-15,25,28H,6-7H2,1-5H3,(H,26,27). The molecule has 1 aliphatic heterocycles. The van der Waals surface area contributed by atoms with E-state index < -0.39 is 0 Å². The second-order valence-corrected chi connectivity index (χ2v) is 7.92. The topological polar surface area (TPSA) is 82.9 Å². The first-order valence-corrected chi connectivity index (χ1v) is 10.7. The average molecular weight is 419 g/mol. The van der Waals surface area contributed by atoms with Gasteiger partial charge in [0.05, 0.1) is 11.0 Å². The van der Waals surface area contributed by atoms with E-state index in [1.165, 1.54) is 5.57 Å². The van der Waals surface area contributed by atoms with Gasteiger partial charge in [-0.05, 0) is 49.6 Å². The van der Waals surface area contributed by atoms with Crippen molar-refractivity contribution in [2.75, 3.05) is 23.3 Å². The molecule has 8 heteroatoms. The fraction of sp³-hybridized carbons (Fsp3) is 0.348. The third-order valence-electron chi connectivity index (χ3n) is 5.41. The molecule has 1 aliphatic rings. The van der Waals surface area contributed by atoms with Gasteiger partial charge in [-0.3, -0.25) is 15.1 Å². The lowest BCUT2D eigenvalue weighted by Gasteiger charge is -2.20. The maximum Gasteiger partial charge on any atom is 0.158 e. The molecule has 0 aromatic carbocycles. The molecule has 3 aromatic heterocycles. The minimum Gasteiger partial charge on any atom is -0.355 e. The predicted octanol–water partition coefficient (Wildman–Crippen LogP) is 3.78. The van der Waals surface area contributed by atoms with E-state index in [2.05, 4.69) is 71.0 Å². The van der Waals surface area contributed by atoms with Gasteiger partial charge in [0.1, 0.15) is 11.6 Å². The minimum atomic E-state index is 0.433. The van der Waals surface area contributed by atoms with E-state index in [4.69, 9.17) is 4.98 Å². The van der Waals surface area contributed by atoms with Crippen LogP contribution in [0.25, 0.3) is 22.2 Å². The highest BCUT2D eigenvalue weighted by Gasteiger charge is 2.16. The molecule has 0 saturated carbocycles. The zero-order valence-electron chi connectivity index (χ0n) is 18.8. The monoisotopic (exact) mass is 418 g/mol. The van der Waals surface area contributed by atoms with Gasteiger partial charge in [0, 0.05) is 49.9 Å². The van der Waals surface area contributed by atoms with Gasteiger partial charge in [-0.15, -0.1) is 0 Å². The summed E-state index contributed by atoms with van der Waals surface area (Å²) in [4.78, 5) is 11.7. The Morgan fingerprint density at radius 3 is 2.71 bits per heavy atom. The highest BCUT2D eigenvalue weighted by atomic mass is 15.4. The number of allylic oxidation sites excluding steroid dienone is 2. The Hall–Kier alpha value is -3.55. The summed E-state index contributed by atoms with van der Waals surface area (Å²) in [5.74, 6) is 3.02. The van der Waals surface area contributed by atoms with Crippen LogP contribution in [-0.2, 0) is 7.05 Å². The van der Waals surface area contributed by atoms with Gasteiger partial charge in [0.2, 0.25) is 0 Å². The van der Waals surface area contributed by atoms with Gasteiger partial charge < -0.3 is 15.6 Å². The lowest BCUT2D eigenvalue weighted by atomic mass is 10.0. The van der Waals surface area contributed by atoms with Crippen molar-refractivity contribution in [1.82, 2.24) is 30.6 Å². The highest BCUT2D eigenvalue weighted by Crippen LogP contribution is 2.31. The van der Waals surface area contributed by atoms with E-state index in [1.807, 2.05) is 42.5 Å². The fourth-order valence-electron chi connectivity index (χ4n) is 3.64. The van der Waals surface area contributed by atoms with E-state index in [1.54, 1.807) is 0 Å². The van der Waals surface area contributed by atoms with Crippen molar-refractivity contribution in [3.8, 4) is 11.1 Å². The lowest BCUT2D eigenvalue weighted by molar-refractivity contribution is 0.677. The molecule has 0 radical (unpaired) electrons. The van der Waals surface area contributed by atoms with Gasteiger partial charge >= 0.3 is 0 Å². The van der Waals surface area contributed by atoms with Crippen molar-refractivity contribution in [2.24, 2.45) is 13.0 Å². The van der Waals surface area contributed by atoms with Crippen LogP contribution in [0.4, 0.5) is 11.6 Å². The molecule has 3 aromatic rings. The molecule has 8 nitrogen and oxygen atoms in total. The maximum absolute atomic E-state index is 4.80. The number of hydrogen-bond donors (Lipinski definition) is 3. The first-order valence-electron chi connectivity index (χ1n) is 10.7. The Balaban J connectivity index is 1.67. The van der Waals surface area contributed by atoms with Crippen molar-refractivity contribution in [1.29, 1.82) is 0 Å². The van der Waals surface area contributed by atoms with Crippen LogP contribution in [0.5, 0.6) is 0 Å². The summed E-state index contributed by atoms with van der Waals surface area (Å²) in [6, 6.07) is 6.01. The number of aryl methyl sites for hydroxylation is 1. The Bertz CT molecular complexity index is 1140. The molecule has 0 atom stereocenters. The molecule has 3 N–H and O–H groups in total. The van der Waals surface area contributed by atoms with Crippen LogP contribution in [0.2, 0.25) is 0 Å². The van der Waals surface area contributed by atoms with Crippen LogP contribution >= 0.6 is 0 Å². The summed E-state index contributed by atoms with van der Waals surface area (Å²) in [5.41, 5.74) is 11.2. The van der Waals surface area contributed by atoms with Gasteiger partial charge in [0.25, 0.3) is 0 Å². The van der Waals surface area contributed by atoms with Crippen molar-refractivity contribution >= 4 is 22.7 Å². The zero-order valence-corrected chi connectivity index (χ0v) is 18.8. The smallest absolute Gasteiger partial charge is 0.158 e. The average Bonchev–Trinajstić information content (AvgIpc) is 3.15. The summed E-state index contributed by atoms with van der Waals surface area (Å²) in [7, 11) is 1.95. The molecule has 0 unspecified atom stereocenters. The number of nitrogens with one attached hydrogen (secondary N) is 3. The number of nitrogens with zero attached hydrogens (tertiary/aromatic N) is 5. The van der Waals surface area contributed by atoms with Gasteiger partial charge in [-0.25, -0.2) is 4.98 Å². The van der Waals surface area contributed by atoms with E-state index in [9.17, 15) is 0 Å². The Morgan fingerprint density at radius 1 is 1.16 bits per heavy atom. The van der Waals surface area contributed by atoms with Crippen molar-refractivity contribution < 1.29 is 0 Å². The second kappa shape index (κ2) is 8.67. The molecular weight excluding hydrogens is 388 g/mol. The molecule has 0 saturated heterocycles. The van der Waals surface area contributed by atoms with Crippen LogP contribution in [0.1, 0.15) is 27.7 Å². The molecule has 0 spiro atoms. The summed E-state index contributed by atoms with van der Waals surface area (Å²) in [6.45, 7) is 10.4. The van der Waals surface area contributed by atoms with Crippen molar-refractivity contribution in [2.45, 2.75) is 27.7 Å². The molecular formula is C23H30N8. The number of rotatable bonds is 7. The van der Waals surface area contributed by atoms with E-state index in [0.717, 1.165) is 52.7 Å². The maximum atomic E-state index is 4.80. The minimum absolute atomic E-state index is 0.433. The molecule has 4 rings (SSSR count). The van der Waals surface area contributed by atoms with E-state index in [-0.39, 0.29) is 0 Å². The van der Waals surface area contributed by atoms with Crippen LogP contribution in [0.3, 0.4) is 0 Å². The van der Waals surface area contributed by atoms with Crippen LogP contribution < -0.4 is 21.1 Å². The molecule has 0 bridgehead atoms. The van der Waals surface area contributed by atoms with Crippen LogP contribution in [-0.4, -0.2) is 32.8 Å².